The van der Waals surface area contributed by atoms with Crippen LogP contribution in [0.5, 0.6) is 0 Å². The Morgan fingerprint density at radius 2 is 1.80 bits per heavy atom. The predicted octanol–water partition coefficient (Wildman–Crippen LogP) is 3.64. The Morgan fingerprint density at radius 3 is 2.40 bits per heavy atom. The lowest BCUT2D eigenvalue weighted by molar-refractivity contribution is 0.116. The van der Waals surface area contributed by atoms with E-state index in [0.717, 1.165) is 5.56 Å². The number of benzene rings is 1. The van der Waals surface area contributed by atoms with E-state index in [0.29, 0.717) is 11.5 Å². The van der Waals surface area contributed by atoms with E-state index >= 15 is 0 Å². The minimum absolute atomic E-state index is 0.0604. The number of anilines is 1. The third-order valence-corrected chi connectivity index (χ3v) is 3.22. The van der Waals surface area contributed by atoms with Crippen LogP contribution in [0.4, 0.5) is 14.7 Å². The monoisotopic (exact) mass is 341 g/mol. The van der Waals surface area contributed by atoms with E-state index in [2.05, 4.69) is 37.3 Å². The van der Waals surface area contributed by atoms with Crippen LogP contribution < -0.4 is 5.32 Å². The second kappa shape index (κ2) is 7.49. The molecule has 0 aliphatic heterocycles. The summed E-state index contributed by atoms with van der Waals surface area (Å²) < 4.78 is 29.8. The van der Waals surface area contributed by atoms with Crippen molar-refractivity contribution in [2.75, 3.05) is 5.32 Å². The molecule has 3 rings (SSSR count). The average Bonchev–Trinajstić information content (AvgIpc) is 3.13. The second-order valence-electron chi connectivity index (χ2n) is 4.92. The zero-order chi connectivity index (χ0) is 17.6. The SMILES string of the molecule is CC#CC(Nc1ncc(-c2nnc(C(F)F)o2)cn1)c1ccccc1. The number of nitrogens with zero attached hydrogens (tertiary/aromatic N) is 4. The number of alkyl halides is 2. The molecule has 0 aliphatic carbocycles. The molecule has 0 radical (unpaired) electrons. The predicted molar refractivity (Wildman–Crippen MR) is 86.5 cm³/mol. The largest absolute Gasteiger partial charge is 0.415 e. The number of nitrogens with one attached hydrogen (secondary N) is 1. The Balaban J connectivity index is 1.78. The summed E-state index contributed by atoms with van der Waals surface area (Å²) in [5.41, 5.74) is 1.32. The molecule has 25 heavy (non-hydrogen) atoms. The molecule has 1 atom stereocenters. The zero-order valence-electron chi connectivity index (χ0n) is 13.1. The quantitative estimate of drug-likeness (QED) is 0.714. The van der Waals surface area contributed by atoms with Gasteiger partial charge in [-0.15, -0.1) is 16.1 Å². The van der Waals surface area contributed by atoms with E-state index in [-0.39, 0.29) is 11.9 Å². The summed E-state index contributed by atoms with van der Waals surface area (Å²) in [5, 5.41) is 9.94. The van der Waals surface area contributed by atoms with Gasteiger partial charge in [0.1, 0.15) is 6.04 Å². The highest BCUT2D eigenvalue weighted by atomic mass is 19.3. The van der Waals surface area contributed by atoms with Crippen LogP contribution in [0.25, 0.3) is 11.5 Å². The normalized spacial score (nSPS) is 11.7. The summed E-state index contributed by atoms with van der Waals surface area (Å²) in [7, 11) is 0. The first-order chi connectivity index (χ1) is 12.2. The molecule has 6 nitrogen and oxygen atoms in total. The summed E-state index contributed by atoms with van der Waals surface area (Å²) in [6, 6.07) is 9.37. The van der Waals surface area contributed by atoms with Gasteiger partial charge in [-0.2, -0.15) is 8.78 Å². The summed E-state index contributed by atoms with van der Waals surface area (Å²) in [6.07, 6.45) is 0.0151. The third-order valence-electron chi connectivity index (χ3n) is 3.22. The van der Waals surface area contributed by atoms with Gasteiger partial charge in [-0.1, -0.05) is 36.3 Å². The summed E-state index contributed by atoms with van der Waals surface area (Å²) in [4.78, 5) is 8.30. The number of halogens is 2. The highest BCUT2D eigenvalue weighted by Crippen LogP contribution is 2.23. The van der Waals surface area contributed by atoms with Gasteiger partial charge in [0.25, 0.3) is 11.8 Å². The van der Waals surface area contributed by atoms with Gasteiger partial charge in [0, 0.05) is 12.4 Å². The molecule has 0 bridgehead atoms. The number of hydrogen-bond donors (Lipinski definition) is 1. The van der Waals surface area contributed by atoms with Crippen LogP contribution in [0.15, 0.2) is 47.1 Å². The van der Waals surface area contributed by atoms with Crippen molar-refractivity contribution in [3.8, 4) is 23.3 Å². The molecule has 126 valence electrons. The van der Waals surface area contributed by atoms with Crippen LogP contribution in [-0.2, 0) is 0 Å². The maximum atomic E-state index is 12.5. The molecular weight excluding hydrogens is 328 g/mol. The van der Waals surface area contributed by atoms with Crippen molar-refractivity contribution in [1.29, 1.82) is 0 Å². The van der Waals surface area contributed by atoms with E-state index in [1.54, 1.807) is 6.92 Å². The van der Waals surface area contributed by atoms with Crippen LogP contribution in [-0.4, -0.2) is 20.2 Å². The molecule has 1 unspecified atom stereocenters. The number of aromatic nitrogens is 4. The third kappa shape index (κ3) is 3.95. The van der Waals surface area contributed by atoms with Gasteiger partial charge in [0.2, 0.25) is 5.95 Å². The molecule has 3 aromatic rings. The molecule has 2 heterocycles. The molecule has 0 aliphatic rings. The molecule has 8 heteroatoms. The molecule has 1 aromatic carbocycles. The lowest BCUT2D eigenvalue weighted by Crippen LogP contribution is -2.11. The van der Waals surface area contributed by atoms with Crippen LogP contribution >= 0.6 is 0 Å². The van der Waals surface area contributed by atoms with E-state index in [1.165, 1.54) is 12.4 Å². The minimum atomic E-state index is -2.82. The highest BCUT2D eigenvalue weighted by molar-refractivity contribution is 5.51. The van der Waals surface area contributed by atoms with Crippen molar-refractivity contribution in [2.45, 2.75) is 19.4 Å². The molecule has 0 saturated heterocycles. The maximum absolute atomic E-state index is 12.5. The van der Waals surface area contributed by atoms with Gasteiger partial charge in [-0.3, -0.25) is 0 Å². The Hall–Kier alpha value is -3.34. The van der Waals surface area contributed by atoms with Crippen molar-refractivity contribution in [1.82, 2.24) is 20.2 Å². The molecule has 0 fully saturated rings. The van der Waals surface area contributed by atoms with Crippen molar-refractivity contribution >= 4 is 5.95 Å². The van der Waals surface area contributed by atoms with Crippen molar-refractivity contribution < 1.29 is 13.2 Å². The summed E-state index contributed by atoms with van der Waals surface area (Å²) >= 11 is 0. The van der Waals surface area contributed by atoms with E-state index in [1.807, 2.05) is 30.3 Å². The van der Waals surface area contributed by atoms with Gasteiger partial charge < -0.3 is 9.73 Å². The molecule has 0 spiro atoms. The highest BCUT2D eigenvalue weighted by Gasteiger charge is 2.17. The first kappa shape index (κ1) is 16.5. The van der Waals surface area contributed by atoms with Gasteiger partial charge >= 0.3 is 6.43 Å². The topological polar surface area (TPSA) is 76.7 Å². The second-order valence-corrected chi connectivity index (χ2v) is 4.92. The van der Waals surface area contributed by atoms with E-state index in [4.69, 9.17) is 4.42 Å². The Bertz CT molecular complexity index is 885. The molecular formula is C17H13F2N5O. The fourth-order valence-corrected chi connectivity index (χ4v) is 2.07. The summed E-state index contributed by atoms with van der Waals surface area (Å²) in [5.74, 6) is 5.45. The smallest absolute Gasteiger partial charge is 0.314 e. The van der Waals surface area contributed by atoms with Crippen molar-refractivity contribution in [3.05, 3.63) is 54.2 Å². The van der Waals surface area contributed by atoms with Gasteiger partial charge in [-0.05, 0) is 12.5 Å². The van der Waals surface area contributed by atoms with Crippen LogP contribution in [0.2, 0.25) is 0 Å². The molecule has 2 aromatic heterocycles. The van der Waals surface area contributed by atoms with Crippen LogP contribution in [0, 0.1) is 11.8 Å². The van der Waals surface area contributed by atoms with Crippen LogP contribution in [0.3, 0.4) is 0 Å². The molecule has 0 amide bonds. The molecule has 1 N–H and O–H groups in total. The average molecular weight is 341 g/mol. The van der Waals surface area contributed by atoms with E-state index < -0.39 is 12.3 Å². The fourth-order valence-electron chi connectivity index (χ4n) is 2.07. The standard InChI is InChI=1S/C17H13F2N5O/c1-2-6-13(11-7-4-3-5-8-11)22-17-20-9-12(10-21-17)15-23-24-16(25-15)14(18)19/h3-5,7-10,13-14H,1H3,(H,20,21,22). The first-order valence-electron chi connectivity index (χ1n) is 7.35. The Kier molecular flexibility index (Phi) is 4.95. The van der Waals surface area contributed by atoms with Crippen molar-refractivity contribution in [3.63, 3.8) is 0 Å². The van der Waals surface area contributed by atoms with Gasteiger partial charge in [0.05, 0.1) is 5.56 Å². The maximum Gasteiger partial charge on any atom is 0.314 e. The number of hydrogen-bond acceptors (Lipinski definition) is 6. The van der Waals surface area contributed by atoms with Crippen molar-refractivity contribution in [2.24, 2.45) is 0 Å². The Morgan fingerprint density at radius 1 is 1.08 bits per heavy atom. The molecule has 0 saturated carbocycles. The van der Waals surface area contributed by atoms with E-state index in [9.17, 15) is 8.78 Å². The zero-order valence-corrected chi connectivity index (χ0v) is 13.1. The summed E-state index contributed by atoms with van der Waals surface area (Å²) in [6.45, 7) is 1.75. The lowest BCUT2D eigenvalue weighted by Gasteiger charge is -2.13. The van der Waals surface area contributed by atoms with Gasteiger partial charge in [0.15, 0.2) is 0 Å². The minimum Gasteiger partial charge on any atom is -0.415 e. The fraction of sp³-hybridized carbons (Fsp3) is 0.176. The first-order valence-corrected chi connectivity index (χ1v) is 7.35. The lowest BCUT2D eigenvalue weighted by atomic mass is 10.1. The number of rotatable bonds is 5. The van der Waals surface area contributed by atoms with Gasteiger partial charge in [-0.25, -0.2) is 9.97 Å². The van der Waals surface area contributed by atoms with Crippen LogP contribution in [0.1, 0.15) is 30.8 Å². The Labute approximate surface area is 142 Å².